The zero-order valence-electron chi connectivity index (χ0n) is 12.3. The van der Waals surface area contributed by atoms with Crippen LogP contribution in [0.15, 0.2) is 12.3 Å². The van der Waals surface area contributed by atoms with E-state index >= 15 is 0 Å². The lowest BCUT2D eigenvalue weighted by atomic mass is 10.1. The molecule has 0 bridgehead atoms. The van der Waals surface area contributed by atoms with Crippen LogP contribution in [0.5, 0.6) is 0 Å². The van der Waals surface area contributed by atoms with Gasteiger partial charge >= 0.3 is 6.18 Å². The Morgan fingerprint density at radius 2 is 1.95 bits per heavy atom. The van der Waals surface area contributed by atoms with E-state index in [4.69, 9.17) is 0 Å². The second-order valence-corrected chi connectivity index (χ2v) is 4.58. The number of rotatable bonds is 5. The monoisotopic (exact) mass is 281 g/mol. The lowest BCUT2D eigenvalue weighted by Crippen LogP contribution is -2.42. The molecule has 1 saturated heterocycles. The molecule has 0 aromatic carbocycles. The quantitative estimate of drug-likeness (QED) is 0.810. The third-order valence-electron chi connectivity index (χ3n) is 2.96. The van der Waals surface area contributed by atoms with Gasteiger partial charge in [0.05, 0.1) is 6.54 Å². The number of nitrogens with zero attached hydrogens (tertiary/aromatic N) is 1. The van der Waals surface area contributed by atoms with Crippen LogP contribution in [-0.2, 0) is 0 Å². The first-order chi connectivity index (χ1) is 8.81. The van der Waals surface area contributed by atoms with Crippen molar-refractivity contribution in [3.63, 3.8) is 0 Å². The lowest BCUT2D eigenvalue weighted by molar-refractivity contribution is -0.143. The Hall–Kier alpha value is -0.750. The molecule has 0 aromatic rings. The van der Waals surface area contributed by atoms with E-state index in [2.05, 4.69) is 17.2 Å². The van der Waals surface area contributed by atoms with Gasteiger partial charge in [0, 0.05) is 31.4 Å². The van der Waals surface area contributed by atoms with E-state index in [0.717, 1.165) is 18.5 Å². The summed E-state index contributed by atoms with van der Waals surface area (Å²) in [6.45, 7) is 7.41. The lowest BCUT2D eigenvalue weighted by Gasteiger charge is -2.23. The fraction of sp³-hybridized carbons (Fsp3) is 0.846. The Balaban J connectivity index is 0.00000154. The smallest absolute Gasteiger partial charge is 0.391 e. The van der Waals surface area contributed by atoms with Crippen LogP contribution in [0.1, 0.15) is 26.7 Å². The Morgan fingerprint density at radius 1 is 1.37 bits per heavy atom. The molecule has 0 saturated carbocycles. The van der Waals surface area contributed by atoms with Crippen molar-refractivity contribution in [2.75, 3.05) is 27.2 Å². The Morgan fingerprint density at radius 3 is 2.42 bits per heavy atom. The van der Waals surface area contributed by atoms with E-state index in [1.807, 2.05) is 13.8 Å². The third-order valence-corrected chi connectivity index (χ3v) is 2.96. The molecule has 1 rings (SSSR count). The largest absolute Gasteiger partial charge is 0.401 e. The highest BCUT2D eigenvalue weighted by Gasteiger charge is 2.32. The minimum atomic E-state index is -4.12. The maximum atomic E-state index is 12.2. The van der Waals surface area contributed by atoms with Gasteiger partial charge in [0.2, 0.25) is 0 Å². The van der Waals surface area contributed by atoms with E-state index in [1.54, 1.807) is 7.05 Å². The summed E-state index contributed by atoms with van der Waals surface area (Å²) in [4.78, 5) is 1.31. The van der Waals surface area contributed by atoms with Crippen LogP contribution >= 0.6 is 0 Å². The van der Waals surface area contributed by atoms with E-state index in [9.17, 15) is 13.2 Å². The summed E-state index contributed by atoms with van der Waals surface area (Å²) >= 11 is 0. The van der Waals surface area contributed by atoms with Gasteiger partial charge in [-0.1, -0.05) is 20.4 Å². The van der Waals surface area contributed by atoms with Crippen molar-refractivity contribution in [3.05, 3.63) is 12.3 Å². The van der Waals surface area contributed by atoms with Gasteiger partial charge in [0.1, 0.15) is 0 Å². The van der Waals surface area contributed by atoms with Crippen LogP contribution in [0.25, 0.3) is 0 Å². The van der Waals surface area contributed by atoms with Gasteiger partial charge in [-0.3, -0.25) is 4.90 Å². The molecule has 19 heavy (non-hydrogen) atoms. The molecular formula is C13H26F3N3. The van der Waals surface area contributed by atoms with Gasteiger partial charge in [0.25, 0.3) is 0 Å². The number of likely N-dealkylation sites (N-methyl/N-ethyl adjacent to an activating group) is 2. The van der Waals surface area contributed by atoms with Gasteiger partial charge < -0.3 is 10.6 Å². The molecule has 1 aliphatic heterocycles. The molecule has 3 nitrogen and oxygen atoms in total. The van der Waals surface area contributed by atoms with E-state index < -0.39 is 12.7 Å². The topological polar surface area (TPSA) is 27.3 Å². The highest BCUT2D eigenvalue weighted by molar-refractivity contribution is 5.06. The summed E-state index contributed by atoms with van der Waals surface area (Å²) in [5.41, 5.74) is 0.894. The highest BCUT2D eigenvalue weighted by atomic mass is 19.4. The minimum Gasteiger partial charge on any atom is -0.391 e. The zero-order valence-corrected chi connectivity index (χ0v) is 12.3. The number of halogens is 3. The second-order valence-electron chi connectivity index (χ2n) is 4.58. The Labute approximate surface area is 114 Å². The van der Waals surface area contributed by atoms with Crippen molar-refractivity contribution in [1.29, 1.82) is 0 Å². The molecule has 6 heteroatoms. The first-order valence-corrected chi connectivity index (χ1v) is 6.69. The van der Waals surface area contributed by atoms with Crippen LogP contribution in [0, 0.1) is 0 Å². The zero-order chi connectivity index (χ0) is 15.1. The van der Waals surface area contributed by atoms with Crippen molar-refractivity contribution < 1.29 is 13.2 Å². The van der Waals surface area contributed by atoms with Crippen molar-refractivity contribution in [1.82, 2.24) is 15.5 Å². The van der Waals surface area contributed by atoms with Gasteiger partial charge in [0.15, 0.2) is 0 Å². The minimum absolute atomic E-state index is 0.109. The number of alkyl halides is 3. The van der Waals surface area contributed by atoms with Gasteiger partial charge in [-0.15, -0.1) is 0 Å². The fourth-order valence-electron chi connectivity index (χ4n) is 2.16. The normalized spacial score (nSPS) is 22.9. The van der Waals surface area contributed by atoms with Crippen LogP contribution in [-0.4, -0.2) is 50.3 Å². The van der Waals surface area contributed by atoms with E-state index in [-0.39, 0.29) is 12.1 Å². The summed E-state index contributed by atoms with van der Waals surface area (Å²) in [5.74, 6) is 0. The molecule has 0 aliphatic carbocycles. The Kier molecular flexibility index (Phi) is 8.09. The average molecular weight is 281 g/mol. The molecule has 0 radical (unpaired) electrons. The van der Waals surface area contributed by atoms with Crippen LogP contribution in [0.3, 0.4) is 0 Å². The van der Waals surface area contributed by atoms with Crippen molar-refractivity contribution in [2.45, 2.75) is 44.9 Å². The SMILES string of the molecule is C=C(NC)C1CCC(CN(C)CC(F)(F)F)N1.CC. The summed E-state index contributed by atoms with van der Waals surface area (Å²) in [5, 5.41) is 6.26. The van der Waals surface area contributed by atoms with E-state index in [0.29, 0.717) is 6.54 Å². The number of hydrogen-bond acceptors (Lipinski definition) is 3. The molecule has 1 fully saturated rings. The molecule has 1 aliphatic rings. The van der Waals surface area contributed by atoms with Crippen LogP contribution in [0.4, 0.5) is 13.2 Å². The average Bonchev–Trinajstić information content (AvgIpc) is 2.76. The molecule has 0 spiro atoms. The second kappa shape index (κ2) is 8.43. The first-order valence-electron chi connectivity index (χ1n) is 6.69. The fourth-order valence-corrected chi connectivity index (χ4v) is 2.16. The third kappa shape index (κ3) is 7.42. The Bertz CT molecular complexity index is 266. The molecule has 0 aromatic heterocycles. The standard InChI is InChI=1S/C11H20F3N3.C2H6/c1-8(15-2)10-5-4-9(16-10)6-17(3)7-11(12,13)14;1-2/h9-10,15-16H,1,4-7H2,2-3H3;1-2H3. The first kappa shape index (κ1) is 18.2. The molecule has 1 heterocycles. The highest BCUT2D eigenvalue weighted by Crippen LogP contribution is 2.19. The van der Waals surface area contributed by atoms with Crippen LogP contribution in [0.2, 0.25) is 0 Å². The summed E-state index contributed by atoms with van der Waals surface area (Å²) in [7, 11) is 3.29. The molecule has 0 amide bonds. The predicted molar refractivity (Wildman–Crippen MR) is 73.0 cm³/mol. The molecule has 114 valence electrons. The molecule has 2 N–H and O–H groups in total. The molecule has 2 atom stereocenters. The molecule has 2 unspecified atom stereocenters. The maximum absolute atomic E-state index is 12.2. The maximum Gasteiger partial charge on any atom is 0.401 e. The van der Waals surface area contributed by atoms with Gasteiger partial charge in [-0.25, -0.2) is 0 Å². The van der Waals surface area contributed by atoms with E-state index in [1.165, 1.54) is 11.9 Å². The van der Waals surface area contributed by atoms with Crippen LogP contribution < -0.4 is 10.6 Å². The molecular weight excluding hydrogens is 255 g/mol. The number of hydrogen-bond donors (Lipinski definition) is 2. The van der Waals surface area contributed by atoms with Crippen molar-refractivity contribution >= 4 is 0 Å². The van der Waals surface area contributed by atoms with Crippen molar-refractivity contribution in [2.24, 2.45) is 0 Å². The van der Waals surface area contributed by atoms with Crippen molar-refractivity contribution in [3.8, 4) is 0 Å². The predicted octanol–water partition coefficient (Wildman–Crippen LogP) is 2.36. The number of nitrogens with one attached hydrogen (secondary N) is 2. The van der Waals surface area contributed by atoms with Gasteiger partial charge in [-0.2, -0.15) is 13.2 Å². The van der Waals surface area contributed by atoms with Gasteiger partial charge in [-0.05, 0) is 19.9 Å². The summed E-state index contributed by atoms with van der Waals surface area (Å²) < 4.78 is 36.5. The summed E-state index contributed by atoms with van der Waals surface area (Å²) in [6.07, 6.45) is -2.32. The summed E-state index contributed by atoms with van der Waals surface area (Å²) in [6, 6.07) is 0.279.